The lowest BCUT2D eigenvalue weighted by Gasteiger charge is -2.34. The second-order valence-electron chi connectivity index (χ2n) is 6.68. The van der Waals surface area contributed by atoms with Crippen LogP contribution in [0.2, 0.25) is 0 Å². The molecular weight excluding hydrogens is 390 g/mol. The molecule has 0 atom stereocenters. The topological polar surface area (TPSA) is 79.0 Å². The van der Waals surface area contributed by atoms with Gasteiger partial charge in [0, 0.05) is 39.8 Å². The number of piperazine rings is 1. The zero-order valence-corrected chi connectivity index (χ0v) is 17.8. The zero-order valence-electron chi connectivity index (χ0n) is 16.2. The van der Waals surface area contributed by atoms with Gasteiger partial charge in [-0.05, 0) is 23.6 Å². The van der Waals surface area contributed by atoms with Gasteiger partial charge in [0.05, 0.1) is 18.0 Å². The third kappa shape index (κ3) is 6.43. The van der Waals surface area contributed by atoms with E-state index < -0.39 is 10.0 Å². The molecule has 1 N–H and O–H groups in total. The molecule has 0 unspecified atom stereocenters. The van der Waals surface area contributed by atoms with E-state index in [1.807, 2.05) is 12.1 Å². The normalized spacial score (nSPS) is 15.6. The highest BCUT2D eigenvalue weighted by molar-refractivity contribution is 7.89. The minimum atomic E-state index is -3.51. The predicted molar refractivity (Wildman–Crippen MR) is 108 cm³/mol. The van der Waals surface area contributed by atoms with Gasteiger partial charge in [-0.2, -0.15) is 4.31 Å². The van der Waals surface area contributed by atoms with Crippen LogP contribution < -0.4 is 5.32 Å². The van der Waals surface area contributed by atoms with Crippen molar-refractivity contribution >= 4 is 28.3 Å². The molecule has 2 rings (SSSR count). The smallest absolute Gasteiger partial charge is 0.243 e. The number of hydrogen-bond donors (Lipinski definition) is 1. The lowest BCUT2D eigenvalue weighted by atomic mass is 10.0. The van der Waals surface area contributed by atoms with Crippen molar-refractivity contribution in [3.05, 3.63) is 29.8 Å². The lowest BCUT2D eigenvalue weighted by Crippen LogP contribution is -2.52. The summed E-state index contributed by atoms with van der Waals surface area (Å²) in [5.74, 6) is 0.346. The third-order valence-corrected chi connectivity index (χ3v) is 6.45. The summed E-state index contributed by atoms with van der Waals surface area (Å²) in [6.45, 7) is 7.01. The zero-order chi connectivity index (χ0) is 19.2. The van der Waals surface area contributed by atoms with E-state index in [4.69, 9.17) is 4.74 Å². The number of benzene rings is 1. The van der Waals surface area contributed by atoms with Gasteiger partial charge in [0.2, 0.25) is 15.9 Å². The Labute approximate surface area is 168 Å². The van der Waals surface area contributed by atoms with E-state index in [9.17, 15) is 13.2 Å². The first-order valence-electron chi connectivity index (χ1n) is 8.94. The van der Waals surface area contributed by atoms with Crippen LogP contribution in [0.25, 0.3) is 0 Å². The summed E-state index contributed by atoms with van der Waals surface area (Å²) in [4.78, 5) is 14.2. The molecule has 154 valence electrons. The third-order valence-electron chi connectivity index (χ3n) is 4.54. The highest BCUT2D eigenvalue weighted by Crippen LogP contribution is 2.21. The Hall–Kier alpha value is -1.19. The van der Waals surface area contributed by atoms with Crippen LogP contribution in [-0.4, -0.2) is 76.5 Å². The number of halogens is 1. The molecule has 1 aromatic rings. The fraction of sp³-hybridized carbons (Fsp3) is 0.611. The predicted octanol–water partition coefficient (Wildman–Crippen LogP) is 1.30. The summed E-state index contributed by atoms with van der Waals surface area (Å²) in [6, 6.07) is 7.07. The van der Waals surface area contributed by atoms with Crippen LogP contribution >= 0.6 is 12.4 Å². The van der Waals surface area contributed by atoms with Gasteiger partial charge in [-0.25, -0.2) is 8.42 Å². The molecule has 1 amide bonds. The van der Waals surface area contributed by atoms with Crippen molar-refractivity contribution in [1.29, 1.82) is 0 Å². The van der Waals surface area contributed by atoms with Crippen LogP contribution in [0.4, 0.5) is 0 Å². The maximum atomic E-state index is 12.8. The van der Waals surface area contributed by atoms with Crippen LogP contribution in [0.5, 0.6) is 0 Å². The van der Waals surface area contributed by atoms with E-state index in [2.05, 4.69) is 19.2 Å². The van der Waals surface area contributed by atoms with Gasteiger partial charge in [-0.3, -0.25) is 4.79 Å². The fourth-order valence-electron chi connectivity index (χ4n) is 2.83. The molecule has 0 bridgehead atoms. The number of methoxy groups -OCH3 is 1. The minimum Gasteiger partial charge on any atom is -0.383 e. The van der Waals surface area contributed by atoms with Gasteiger partial charge >= 0.3 is 0 Å². The Bertz CT molecular complexity index is 687. The molecule has 1 fully saturated rings. The summed E-state index contributed by atoms with van der Waals surface area (Å²) < 4.78 is 32.0. The Kier molecular flexibility index (Phi) is 9.69. The highest BCUT2D eigenvalue weighted by atomic mass is 35.5. The van der Waals surface area contributed by atoms with Crippen molar-refractivity contribution < 1.29 is 17.9 Å². The van der Waals surface area contributed by atoms with Crippen LogP contribution in [0.1, 0.15) is 25.3 Å². The standard InChI is InChI=1S/C18H29N3O4S.ClH/c1-15(2)16-4-6-17(7-5-16)26(23,24)21-11-9-20(10-12-21)18(22)14-19-8-13-25-3;/h4-7,15,19H,8-14H2,1-3H3;1H. The second-order valence-corrected chi connectivity index (χ2v) is 8.62. The van der Waals surface area contributed by atoms with E-state index in [0.29, 0.717) is 50.1 Å². The molecule has 27 heavy (non-hydrogen) atoms. The Balaban J connectivity index is 0.00000364. The van der Waals surface area contributed by atoms with E-state index in [1.165, 1.54) is 4.31 Å². The van der Waals surface area contributed by atoms with Crippen molar-refractivity contribution in [1.82, 2.24) is 14.5 Å². The number of rotatable bonds is 8. The molecular formula is C18H30ClN3O4S. The largest absolute Gasteiger partial charge is 0.383 e. The van der Waals surface area contributed by atoms with Crippen molar-refractivity contribution in [3.8, 4) is 0 Å². The molecule has 0 radical (unpaired) electrons. The first-order chi connectivity index (χ1) is 12.4. The number of hydrogen-bond acceptors (Lipinski definition) is 5. The van der Waals surface area contributed by atoms with Crippen LogP contribution in [-0.2, 0) is 19.6 Å². The summed E-state index contributed by atoms with van der Waals surface area (Å²) in [7, 11) is -1.90. The number of carbonyl (C=O) groups excluding carboxylic acids is 1. The summed E-state index contributed by atoms with van der Waals surface area (Å²) in [5, 5.41) is 3.02. The van der Waals surface area contributed by atoms with E-state index >= 15 is 0 Å². The number of amides is 1. The first kappa shape index (κ1) is 23.8. The van der Waals surface area contributed by atoms with Crippen molar-refractivity contribution in [2.24, 2.45) is 0 Å². The van der Waals surface area contributed by atoms with Gasteiger partial charge in [0.15, 0.2) is 0 Å². The second kappa shape index (κ2) is 11.0. The molecule has 0 aromatic heterocycles. The lowest BCUT2D eigenvalue weighted by molar-refractivity contribution is -0.131. The van der Waals surface area contributed by atoms with Gasteiger partial charge < -0.3 is 15.0 Å². The average Bonchev–Trinajstić information content (AvgIpc) is 2.65. The van der Waals surface area contributed by atoms with Crippen molar-refractivity contribution in [3.63, 3.8) is 0 Å². The van der Waals surface area contributed by atoms with Crippen LogP contribution in [0.15, 0.2) is 29.2 Å². The number of nitrogens with zero attached hydrogens (tertiary/aromatic N) is 2. The molecule has 1 aromatic carbocycles. The first-order valence-corrected chi connectivity index (χ1v) is 10.4. The van der Waals surface area contributed by atoms with Gasteiger partial charge in [-0.1, -0.05) is 26.0 Å². The van der Waals surface area contributed by atoms with Gasteiger partial charge in [0.25, 0.3) is 0 Å². The van der Waals surface area contributed by atoms with E-state index in [-0.39, 0.29) is 24.9 Å². The van der Waals surface area contributed by atoms with E-state index in [0.717, 1.165) is 5.56 Å². The molecule has 1 aliphatic rings. The SMILES string of the molecule is COCCNCC(=O)N1CCN(S(=O)(=O)c2ccc(C(C)C)cc2)CC1.Cl. The Morgan fingerprint density at radius 2 is 1.74 bits per heavy atom. The highest BCUT2D eigenvalue weighted by Gasteiger charge is 2.29. The molecule has 7 nitrogen and oxygen atoms in total. The average molecular weight is 420 g/mol. The fourth-order valence-corrected chi connectivity index (χ4v) is 4.26. The maximum Gasteiger partial charge on any atom is 0.243 e. The Morgan fingerprint density at radius 1 is 1.15 bits per heavy atom. The number of sulfonamides is 1. The number of nitrogens with one attached hydrogen (secondary N) is 1. The Morgan fingerprint density at radius 3 is 2.26 bits per heavy atom. The molecule has 0 spiro atoms. The van der Waals surface area contributed by atoms with Crippen molar-refractivity contribution in [2.45, 2.75) is 24.7 Å². The number of ether oxygens (including phenoxy) is 1. The maximum absolute atomic E-state index is 12.8. The van der Waals surface area contributed by atoms with Gasteiger partial charge in [0.1, 0.15) is 0 Å². The molecule has 0 saturated carbocycles. The molecule has 1 heterocycles. The van der Waals surface area contributed by atoms with E-state index in [1.54, 1.807) is 24.1 Å². The summed E-state index contributed by atoms with van der Waals surface area (Å²) in [5.41, 5.74) is 1.11. The monoisotopic (exact) mass is 419 g/mol. The quantitative estimate of drug-likeness (QED) is 0.642. The summed E-state index contributed by atoms with van der Waals surface area (Å²) >= 11 is 0. The van der Waals surface area contributed by atoms with Crippen molar-refractivity contribution in [2.75, 3.05) is 53.0 Å². The molecule has 1 aliphatic heterocycles. The van der Waals surface area contributed by atoms with Gasteiger partial charge in [-0.15, -0.1) is 12.4 Å². The molecule has 9 heteroatoms. The molecule has 1 saturated heterocycles. The number of carbonyl (C=O) groups is 1. The van der Waals surface area contributed by atoms with Crippen LogP contribution in [0.3, 0.4) is 0 Å². The van der Waals surface area contributed by atoms with Crippen LogP contribution in [0, 0.1) is 0 Å². The molecule has 0 aliphatic carbocycles. The minimum absolute atomic E-state index is 0. The summed E-state index contributed by atoms with van der Waals surface area (Å²) in [6.07, 6.45) is 0.